The van der Waals surface area contributed by atoms with Crippen molar-refractivity contribution in [3.05, 3.63) is 41.1 Å². The van der Waals surface area contributed by atoms with Gasteiger partial charge in [-0.05, 0) is 24.0 Å². The van der Waals surface area contributed by atoms with Crippen LogP contribution >= 0.6 is 0 Å². The number of hydrogen-bond acceptors (Lipinski definition) is 2. The molecular weight excluding hydrogens is 226 g/mol. The Morgan fingerprint density at radius 3 is 2.56 bits per heavy atom. The monoisotopic (exact) mass is 243 g/mol. The van der Waals surface area contributed by atoms with Gasteiger partial charge in [0, 0.05) is 5.56 Å². The normalized spacial score (nSPS) is 13.7. The Balaban J connectivity index is 2.33. The number of rotatable bonds is 6. The van der Waals surface area contributed by atoms with E-state index in [1.165, 1.54) is 0 Å². The third kappa shape index (κ3) is 2.21. The fourth-order valence-corrected chi connectivity index (χ4v) is 2.37. The minimum atomic E-state index is -0.0656. The molecular formula is C15H17NO2. The fraction of sp³-hybridized carbons (Fsp3) is 0.333. The van der Waals surface area contributed by atoms with E-state index < -0.39 is 0 Å². The largest absolute Gasteiger partial charge is 0.325 e. The molecule has 3 heteroatoms. The van der Waals surface area contributed by atoms with Gasteiger partial charge in [-0.1, -0.05) is 44.0 Å². The lowest BCUT2D eigenvalue weighted by atomic mass is 10.0. The highest BCUT2D eigenvalue weighted by molar-refractivity contribution is 6.21. The first-order chi connectivity index (χ1) is 8.79. The molecule has 1 aliphatic rings. The molecule has 0 bridgehead atoms. The molecule has 1 N–H and O–H groups in total. The van der Waals surface area contributed by atoms with E-state index >= 15 is 0 Å². The summed E-state index contributed by atoms with van der Waals surface area (Å²) in [6, 6.07) is 7.55. The first kappa shape index (κ1) is 12.6. The average molecular weight is 243 g/mol. The Morgan fingerprint density at radius 2 is 1.89 bits per heavy atom. The Morgan fingerprint density at radius 1 is 1.17 bits per heavy atom. The molecule has 1 aromatic carbocycles. The van der Waals surface area contributed by atoms with Crippen LogP contribution in [0.25, 0.3) is 5.57 Å². The number of fused-ring (bicyclic) bond motifs is 1. The van der Waals surface area contributed by atoms with Gasteiger partial charge >= 0.3 is 0 Å². The Hall–Kier alpha value is -1.90. The first-order valence-corrected chi connectivity index (χ1v) is 6.37. The van der Waals surface area contributed by atoms with Crippen LogP contribution in [0.4, 0.5) is 0 Å². The second-order valence-corrected chi connectivity index (χ2v) is 4.45. The second kappa shape index (κ2) is 5.63. The fourth-order valence-electron chi connectivity index (χ4n) is 2.37. The van der Waals surface area contributed by atoms with Gasteiger partial charge in [0.2, 0.25) is 12.2 Å². The Bertz CT molecular complexity index is 503. The predicted molar refractivity (Wildman–Crippen MR) is 71.0 cm³/mol. The molecule has 3 nitrogen and oxygen atoms in total. The summed E-state index contributed by atoms with van der Waals surface area (Å²) in [7, 11) is 0. The SMILES string of the molecule is CCCCCC1=C(NC=O)C(=O)c2ccccc21. The van der Waals surface area contributed by atoms with Crippen molar-refractivity contribution in [2.75, 3.05) is 0 Å². The molecule has 18 heavy (non-hydrogen) atoms. The quantitative estimate of drug-likeness (QED) is 0.616. The summed E-state index contributed by atoms with van der Waals surface area (Å²) in [6.45, 7) is 2.15. The highest BCUT2D eigenvalue weighted by atomic mass is 16.1. The standard InChI is InChI=1S/C15H17NO2/c1-2-3-4-8-12-11-7-5-6-9-13(11)15(18)14(12)16-10-17/h5-7,9-10H,2-4,8H2,1H3,(H,16,17,18). The van der Waals surface area contributed by atoms with E-state index in [1.807, 2.05) is 24.3 Å². The number of allylic oxidation sites excluding steroid dienone is 2. The van der Waals surface area contributed by atoms with Gasteiger partial charge in [-0.15, -0.1) is 0 Å². The summed E-state index contributed by atoms with van der Waals surface area (Å²) in [5.74, 6) is -0.0656. The number of carbonyl (C=O) groups is 2. The number of amides is 1. The summed E-state index contributed by atoms with van der Waals surface area (Å²) in [6.07, 6.45) is 4.73. The van der Waals surface area contributed by atoms with Crippen molar-refractivity contribution >= 4 is 17.8 Å². The molecule has 94 valence electrons. The summed E-state index contributed by atoms with van der Waals surface area (Å²) < 4.78 is 0. The smallest absolute Gasteiger partial charge is 0.211 e. The maximum absolute atomic E-state index is 12.2. The van der Waals surface area contributed by atoms with Crippen molar-refractivity contribution in [1.82, 2.24) is 5.32 Å². The topological polar surface area (TPSA) is 46.2 Å². The van der Waals surface area contributed by atoms with Crippen molar-refractivity contribution in [2.45, 2.75) is 32.6 Å². The van der Waals surface area contributed by atoms with Crippen molar-refractivity contribution in [2.24, 2.45) is 0 Å². The van der Waals surface area contributed by atoms with Gasteiger partial charge in [0.05, 0.1) is 5.70 Å². The van der Waals surface area contributed by atoms with Crippen LogP contribution in [-0.4, -0.2) is 12.2 Å². The highest BCUT2D eigenvalue weighted by Crippen LogP contribution is 2.34. The lowest BCUT2D eigenvalue weighted by Crippen LogP contribution is -2.16. The molecule has 0 aromatic heterocycles. The van der Waals surface area contributed by atoms with Gasteiger partial charge in [-0.3, -0.25) is 9.59 Å². The molecule has 0 fully saturated rings. The Kier molecular flexibility index (Phi) is 3.92. The number of carbonyl (C=O) groups excluding carboxylic acids is 2. The molecule has 2 rings (SSSR count). The maximum atomic E-state index is 12.2. The zero-order chi connectivity index (χ0) is 13.0. The van der Waals surface area contributed by atoms with Gasteiger partial charge in [-0.25, -0.2) is 0 Å². The third-order valence-electron chi connectivity index (χ3n) is 3.26. The Labute approximate surface area is 107 Å². The van der Waals surface area contributed by atoms with Crippen LogP contribution in [0.3, 0.4) is 0 Å². The van der Waals surface area contributed by atoms with Crippen molar-refractivity contribution in [1.29, 1.82) is 0 Å². The molecule has 0 heterocycles. The number of hydrogen-bond donors (Lipinski definition) is 1. The van der Waals surface area contributed by atoms with Gasteiger partial charge in [-0.2, -0.15) is 0 Å². The lowest BCUT2D eigenvalue weighted by molar-refractivity contribution is -0.108. The first-order valence-electron chi connectivity index (χ1n) is 6.37. The number of nitrogens with one attached hydrogen (secondary N) is 1. The van der Waals surface area contributed by atoms with Crippen LogP contribution in [-0.2, 0) is 4.79 Å². The minimum Gasteiger partial charge on any atom is -0.325 e. The zero-order valence-corrected chi connectivity index (χ0v) is 10.5. The van der Waals surface area contributed by atoms with Crippen LogP contribution in [0.2, 0.25) is 0 Å². The van der Waals surface area contributed by atoms with E-state index in [4.69, 9.17) is 0 Å². The molecule has 0 atom stereocenters. The third-order valence-corrected chi connectivity index (χ3v) is 3.26. The van der Waals surface area contributed by atoms with E-state index in [1.54, 1.807) is 0 Å². The average Bonchev–Trinajstić information content (AvgIpc) is 2.66. The summed E-state index contributed by atoms with van der Waals surface area (Å²) in [5.41, 5.74) is 3.12. The lowest BCUT2D eigenvalue weighted by Gasteiger charge is -2.06. The maximum Gasteiger partial charge on any atom is 0.211 e. The zero-order valence-electron chi connectivity index (χ0n) is 10.5. The van der Waals surface area contributed by atoms with E-state index in [0.29, 0.717) is 17.7 Å². The van der Waals surface area contributed by atoms with Crippen LogP contribution in [0.15, 0.2) is 30.0 Å². The highest BCUT2D eigenvalue weighted by Gasteiger charge is 2.28. The molecule has 1 aromatic rings. The molecule has 0 radical (unpaired) electrons. The molecule has 0 spiro atoms. The summed E-state index contributed by atoms with van der Waals surface area (Å²) in [5, 5.41) is 2.57. The molecule has 0 saturated heterocycles. The molecule has 0 aliphatic heterocycles. The van der Waals surface area contributed by atoms with Crippen LogP contribution < -0.4 is 5.32 Å². The number of Topliss-reactive ketones (excluding diaryl/α,β-unsaturated/α-hetero) is 1. The van der Waals surface area contributed by atoms with E-state index in [0.717, 1.165) is 36.8 Å². The molecule has 1 amide bonds. The van der Waals surface area contributed by atoms with E-state index in [-0.39, 0.29) is 5.78 Å². The summed E-state index contributed by atoms with van der Waals surface area (Å²) >= 11 is 0. The predicted octanol–water partition coefficient (Wildman–Crippen LogP) is 2.92. The van der Waals surface area contributed by atoms with Gasteiger partial charge in [0.15, 0.2) is 0 Å². The molecule has 0 unspecified atom stereocenters. The van der Waals surface area contributed by atoms with Crippen LogP contribution in [0.5, 0.6) is 0 Å². The van der Waals surface area contributed by atoms with Crippen LogP contribution in [0.1, 0.15) is 48.5 Å². The van der Waals surface area contributed by atoms with Gasteiger partial charge < -0.3 is 5.32 Å². The minimum absolute atomic E-state index is 0.0656. The van der Waals surface area contributed by atoms with Crippen molar-refractivity contribution in [3.63, 3.8) is 0 Å². The number of ketones is 1. The van der Waals surface area contributed by atoms with Crippen molar-refractivity contribution in [3.8, 4) is 0 Å². The molecule has 1 aliphatic carbocycles. The second-order valence-electron chi connectivity index (χ2n) is 4.45. The number of unbranched alkanes of at least 4 members (excludes halogenated alkanes) is 2. The van der Waals surface area contributed by atoms with Crippen LogP contribution in [0, 0.1) is 0 Å². The summed E-state index contributed by atoms with van der Waals surface area (Å²) in [4.78, 5) is 22.8. The number of benzene rings is 1. The molecule has 0 saturated carbocycles. The van der Waals surface area contributed by atoms with E-state index in [2.05, 4.69) is 12.2 Å². The van der Waals surface area contributed by atoms with Gasteiger partial charge in [0.25, 0.3) is 0 Å². The van der Waals surface area contributed by atoms with Gasteiger partial charge in [0.1, 0.15) is 0 Å². The van der Waals surface area contributed by atoms with Crippen molar-refractivity contribution < 1.29 is 9.59 Å². The van der Waals surface area contributed by atoms with E-state index in [9.17, 15) is 9.59 Å².